The van der Waals surface area contributed by atoms with Gasteiger partial charge in [-0.25, -0.2) is 19.5 Å². The molecule has 0 aliphatic carbocycles. The zero-order valence-electron chi connectivity index (χ0n) is 16.2. The molecule has 4 rings (SSSR count). The van der Waals surface area contributed by atoms with Crippen molar-refractivity contribution < 1.29 is 17.6 Å². The summed E-state index contributed by atoms with van der Waals surface area (Å²) < 4.78 is 54.0. The molecule has 0 bridgehead atoms. The van der Waals surface area contributed by atoms with Gasteiger partial charge in [-0.3, -0.25) is 4.79 Å². The van der Waals surface area contributed by atoms with Crippen molar-refractivity contribution in [3.63, 3.8) is 0 Å². The van der Waals surface area contributed by atoms with Gasteiger partial charge in [-0.2, -0.15) is 18.3 Å². The first-order valence-electron chi connectivity index (χ1n) is 9.34. The average Bonchev–Trinajstić information content (AvgIpc) is 2.73. The number of anilines is 1. The summed E-state index contributed by atoms with van der Waals surface area (Å²) in [5.74, 6) is -1.68. The molecule has 0 spiro atoms. The fraction of sp³-hybridized carbons (Fsp3) is 0.300. The molecule has 0 amide bonds. The lowest BCUT2D eigenvalue weighted by Crippen LogP contribution is -2.33. The van der Waals surface area contributed by atoms with Gasteiger partial charge in [0.05, 0.1) is 35.4 Å². The third-order valence-electron chi connectivity index (χ3n) is 5.36. The Kier molecular flexibility index (Phi) is 5.42. The number of aromatic amines is 1. The number of rotatable bonds is 3. The number of hydrogen-bond acceptors (Lipinski definition) is 5. The summed E-state index contributed by atoms with van der Waals surface area (Å²) in [6, 6.07) is 2.66. The van der Waals surface area contributed by atoms with E-state index >= 15 is 0 Å². The number of benzene rings is 1. The SMILES string of the molecule is CC(c1ccc(F)cc1C(F)(F)F)c1ncnc2c1CCN(c1cn[nH]c(=O)c1Cl)C2. The van der Waals surface area contributed by atoms with E-state index in [0.717, 1.165) is 17.7 Å². The van der Waals surface area contributed by atoms with Gasteiger partial charge >= 0.3 is 6.18 Å². The van der Waals surface area contributed by atoms with E-state index in [9.17, 15) is 22.4 Å². The van der Waals surface area contributed by atoms with Crippen molar-refractivity contribution in [1.82, 2.24) is 20.2 Å². The quantitative estimate of drug-likeness (QED) is 0.605. The van der Waals surface area contributed by atoms with Gasteiger partial charge in [0, 0.05) is 12.5 Å². The Morgan fingerprint density at radius 3 is 2.77 bits per heavy atom. The lowest BCUT2D eigenvalue weighted by Gasteiger charge is -2.31. The lowest BCUT2D eigenvalue weighted by atomic mass is 9.88. The largest absolute Gasteiger partial charge is 0.416 e. The molecule has 31 heavy (non-hydrogen) atoms. The molecule has 6 nitrogen and oxygen atoms in total. The molecule has 0 saturated heterocycles. The fourth-order valence-corrected chi connectivity index (χ4v) is 4.06. The summed E-state index contributed by atoms with van der Waals surface area (Å²) in [5.41, 5.74) is 0.662. The molecule has 2 aromatic heterocycles. The van der Waals surface area contributed by atoms with Crippen LogP contribution in [0.15, 0.2) is 35.5 Å². The number of nitrogens with one attached hydrogen (secondary N) is 1. The van der Waals surface area contributed by atoms with Crippen LogP contribution in [-0.2, 0) is 19.1 Å². The van der Waals surface area contributed by atoms with Crippen LogP contribution in [0.1, 0.15) is 40.9 Å². The summed E-state index contributed by atoms with van der Waals surface area (Å²) in [6.45, 7) is 2.34. The second-order valence-electron chi connectivity index (χ2n) is 7.21. The normalized spacial score (nSPS) is 15.0. The molecule has 1 aromatic carbocycles. The molecule has 0 saturated carbocycles. The predicted octanol–water partition coefficient (Wildman–Crippen LogP) is 4.09. The molecule has 0 fully saturated rings. The molecule has 1 N–H and O–H groups in total. The highest BCUT2D eigenvalue weighted by molar-refractivity contribution is 6.33. The Labute approximate surface area is 178 Å². The Balaban J connectivity index is 1.72. The first-order chi connectivity index (χ1) is 14.7. The van der Waals surface area contributed by atoms with E-state index < -0.39 is 29.0 Å². The molecule has 1 unspecified atom stereocenters. The summed E-state index contributed by atoms with van der Waals surface area (Å²) >= 11 is 6.09. The van der Waals surface area contributed by atoms with Crippen LogP contribution in [0, 0.1) is 5.82 Å². The minimum absolute atomic E-state index is 0.00206. The molecule has 1 atom stereocenters. The van der Waals surface area contributed by atoms with E-state index in [-0.39, 0.29) is 17.1 Å². The number of alkyl halides is 3. The van der Waals surface area contributed by atoms with Gasteiger partial charge in [-0.05, 0) is 29.7 Å². The second-order valence-corrected chi connectivity index (χ2v) is 7.58. The van der Waals surface area contributed by atoms with Crippen LogP contribution in [0.4, 0.5) is 23.2 Å². The van der Waals surface area contributed by atoms with Gasteiger partial charge in [-0.1, -0.05) is 24.6 Å². The van der Waals surface area contributed by atoms with Gasteiger partial charge in [-0.15, -0.1) is 0 Å². The molecule has 1 aliphatic heterocycles. The Morgan fingerprint density at radius 2 is 2.03 bits per heavy atom. The van der Waals surface area contributed by atoms with E-state index in [1.807, 2.05) is 4.90 Å². The minimum atomic E-state index is -4.69. The average molecular weight is 454 g/mol. The van der Waals surface area contributed by atoms with Crippen LogP contribution < -0.4 is 10.5 Å². The molecule has 3 aromatic rings. The van der Waals surface area contributed by atoms with Gasteiger partial charge in [0.2, 0.25) is 0 Å². The first-order valence-corrected chi connectivity index (χ1v) is 9.72. The number of hydrogen-bond donors (Lipinski definition) is 1. The van der Waals surface area contributed by atoms with Crippen LogP contribution in [0.25, 0.3) is 0 Å². The maximum Gasteiger partial charge on any atom is 0.416 e. The maximum absolute atomic E-state index is 13.5. The highest BCUT2D eigenvalue weighted by atomic mass is 35.5. The van der Waals surface area contributed by atoms with Crippen LogP contribution in [0.3, 0.4) is 0 Å². The van der Waals surface area contributed by atoms with Gasteiger partial charge in [0.25, 0.3) is 5.56 Å². The van der Waals surface area contributed by atoms with Crippen LogP contribution in [0.2, 0.25) is 5.02 Å². The first kappa shape index (κ1) is 21.2. The molecule has 3 heterocycles. The molecule has 162 valence electrons. The molecular weight excluding hydrogens is 438 g/mol. The lowest BCUT2D eigenvalue weighted by molar-refractivity contribution is -0.138. The molecule has 0 radical (unpaired) electrons. The van der Waals surface area contributed by atoms with Crippen LogP contribution >= 0.6 is 11.6 Å². The van der Waals surface area contributed by atoms with Gasteiger partial charge < -0.3 is 4.90 Å². The van der Waals surface area contributed by atoms with Gasteiger partial charge in [0.1, 0.15) is 17.2 Å². The topological polar surface area (TPSA) is 74.8 Å². The fourth-order valence-electron chi connectivity index (χ4n) is 3.85. The van der Waals surface area contributed by atoms with Crippen LogP contribution in [-0.4, -0.2) is 26.7 Å². The Bertz CT molecular complexity index is 1200. The number of fused-ring (bicyclic) bond motifs is 1. The van der Waals surface area contributed by atoms with E-state index in [1.54, 1.807) is 6.92 Å². The van der Waals surface area contributed by atoms with E-state index in [4.69, 9.17) is 11.6 Å². The minimum Gasteiger partial charge on any atom is -0.363 e. The maximum atomic E-state index is 13.5. The van der Waals surface area contributed by atoms with Crippen LogP contribution in [0.5, 0.6) is 0 Å². The summed E-state index contributed by atoms with van der Waals surface area (Å²) in [7, 11) is 0. The third kappa shape index (κ3) is 3.99. The number of H-pyrrole nitrogens is 1. The monoisotopic (exact) mass is 453 g/mol. The second kappa shape index (κ2) is 7.92. The number of aromatic nitrogens is 4. The number of halogens is 5. The molecule has 11 heteroatoms. The van der Waals surface area contributed by atoms with Crippen molar-refractivity contribution in [3.05, 3.63) is 80.0 Å². The third-order valence-corrected chi connectivity index (χ3v) is 5.72. The van der Waals surface area contributed by atoms with Crippen molar-refractivity contribution in [2.24, 2.45) is 0 Å². The summed E-state index contributed by atoms with van der Waals surface area (Å²) in [4.78, 5) is 22.1. The zero-order chi connectivity index (χ0) is 22.3. The van der Waals surface area contributed by atoms with Crippen molar-refractivity contribution in [3.8, 4) is 0 Å². The number of nitrogens with zero attached hydrogens (tertiary/aromatic N) is 4. The van der Waals surface area contributed by atoms with Gasteiger partial charge in [0.15, 0.2) is 0 Å². The summed E-state index contributed by atoms with van der Waals surface area (Å²) in [6.07, 6.45) is -1.53. The molecular formula is C20H16ClF4N5O. The smallest absolute Gasteiger partial charge is 0.363 e. The standard InChI is InChI=1S/C20H16ClF4N5O/c1-10(12-3-2-11(22)6-14(12)20(23,24)25)18-13-4-5-30(8-15(13)26-9-27-18)16-7-28-29-19(31)17(16)21/h2-3,6-7,9-10H,4-5,8H2,1H3,(H,29,31). The van der Waals surface area contributed by atoms with Crippen molar-refractivity contribution in [1.29, 1.82) is 0 Å². The van der Waals surface area contributed by atoms with E-state index in [1.165, 1.54) is 12.5 Å². The Hall–Kier alpha value is -3.01. The van der Waals surface area contributed by atoms with Crippen molar-refractivity contribution in [2.45, 2.75) is 32.0 Å². The zero-order valence-corrected chi connectivity index (χ0v) is 16.9. The Morgan fingerprint density at radius 1 is 1.26 bits per heavy atom. The highest BCUT2D eigenvalue weighted by Crippen LogP contribution is 2.39. The van der Waals surface area contributed by atoms with E-state index in [2.05, 4.69) is 20.2 Å². The highest BCUT2D eigenvalue weighted by Gasteiger charge is 2.36. The van der Waals surface area contributed by atoms with Crippen molar-refractivity contribution >= 4 is 17.3 Å². The van der Waals surface area contributed by atoms with E-state index in [0.29, 0.717) is 36.1 Å². The molecule has 1 aliphatic rings. The predicted molar refractivity (Wildman–Crippen MR) is 106 cm³/mol. The van der Waals surface area contributed by atoms with Crippen molar-refractivity contribution in [2.75, 3.05) is 11.4 Å². The summed E-state index contributed by atoms with van der Waals surface area (Å²) in [5, 5.41) is 6.02.